The summed E-state index contributed by atoms with van der Waals surface area (Å²) in [7, 11) is 0. The monoisotopic (exact) mass is 159 g/mol. The Bertz CT molecular complexity index is 244. The highest BCUT2D eigenvalue weighted by Crippen LogP contribution is 2.11. The molecular formula is C6H6ClNO2. The Hall–Kier alpha value is -0.960. The Balaban J connectivity index is 2.67. The van der Waals surface area contributed by atoms with Gasteiger partial charge in [-0.25, -0.2) is 0 Å². The van der Waals surface area contributed by atoms with Crippen molar-refractivity contribution in [2.45, 2.75) is 6.92 Å². The van der Waals surface area contributed by atoms with E-state index in [0.717, 1.165) is 5.76 Å². The second-order valence-electron chi connectivity index (χ2n) is 1.81. The van der Waals surface area contributed by atoms with Gasteiger partial charge in [0.1, 0.15) is 5.76 Å². The second-order valence-corrected chi connectivity index (χ2v) is 2.15. The molecule has 0 radical (unpaired) electrons. The number of hydrogen-bond donors (Lipinski definition) is 1. The third kappa shape index (κ3) is 1.77. The summed E-state index contributed by atoms with van der Waals surface area (Å²) in [4.78, 5) is 10.2. The molecule has 1 rings (SSSR count). The first-order chi connectivity index (χ1) is 4.68. The molecule has 4 heteroatoms. The zero-order chi connectivity index (χ0) is 7.56. The molecule has 0 aliphatic rings. The van der Waals surface area contributed by atoms with E-state index in [1.165, 1.54) is 0 Å². The maximum Gasteiger partial charge on any atom is 0.320 e. The number of furan rings is 1. The van der Waals surface area contributed by atoms with Gasteiger partial charge in [-0.2, -0.15) is 0 Å². The second kappa shape index (κ2) is 2.75. The Morgan fingerprint density at radius 2 is 2.40 bits per heavy atom. The molecule has 1 aromatic heterocycles. The van der Waals surface area contributed by atoms with Gasteiger partial charge in [-0.15, -0.1) is 0 Å². The minimum atomic E-state index is -0.644. The van der Waals surface area contributed by atoms with E-state index in [0.29, 0.717) is 5.88 Å². The van der Waals surface area contributed by atoms with Gasteiger partial charge in [0.2, 0.25) is 5.88 Å². The lowest BCUT2D eigenvalue weighted by molar-refractivity contribution is 0.268. The maximum atomic E-state index is 10.2. The fourth-order valence-electron chi connectivity index (χ4n) is 0.599. The lowest BCUT2D eigenvalue weighted by atomic mass is 10.5. The van der Waals surface area contributed by atoms with E-state index >= 15 is 0 Å². The van der Waals surface area contributed by atoms with Crippen LogP contribution >= 0.6 is 11.6 Å². The first-order valence-electron chi connectivity index (χ1n) is 2.71. The van der Waals surface area contributed by atoms with Crippen LogP contribution in [0.15, 0.2) is 16.5 Å². The molecule has 0 aliphatic carbocycles. The van der Waals surface area contributed by atoms with Crippen molar-refractivity contribution < 1.29 is 9.21 Å². The Kier molecular flexibility index (Phi) is 1.97. The first kappa shape index (κ1) is 7.15. The zero-order valence-corrected chi connectivity index (χ0v) is 6.11. The summed E-state index contributed by atoms with van der Waals surface area (Å²) in [5, 5.41) is 1.64. The molecule has 1 amide bonds. The van der Waals surface area contributed by atoms with Crippen LogP contribution in [0, 0.1) is 6.92 Å². The third-order valence-corrected chi connectivity index (χ3v) is 1.06. The molecule has 0 saturated heterocycles. The molecule has 0 aliphatic heterocycles. The third-order valence-electron chi connectivity index (χ3n) is 0.962. The van der Waals surface area contributed by atoms with Crippen molar-refractivity contribution in [1.29, 1.82) is 0 Å². The summed E-state index contributed by atoms with van der Waals surface area (Å²) in [5.74, 6) is 1.11. The standard InChI is InChI=1S/C6H6ClNO2/c1-4-2-3-5(10-4)8-6(7)9/h2-3H,1H3,(H,8,9). The van der Waals surface area contributed by atoms with E-state index in [-0.39, 0.29) is 0 Å². The topological polar surface area (TPSA) is 42.2 Å². The highest BCUT2D eigenvalue weighted by molar-refractivity contribution is 6.65. The summed E-state index contributed by atoms with van der Waals surface area (Å²) in [6.07, 6.45) is 0. The van der Waals surface area contributed by atoms with Gasteiger partial charge in [0.25, 0.3) is 0 Å². The predicted octanol–water partition coefficient (Wildman–Crippen LogP) is 2.36. The first-order valence-corrected chi connectivity index (χ1v) is 3.09. The van der Waals surface area contributed by atoms with Crippen molar-refractivity contribution in [3.05, 3.63) is 17.9 Å². The van der Waals surface area contributed by atoms with Crippen LogP contribution in [0.25, 0.3) is 0 Å². The SMILES string of the molecule is Cc1ccc(NC(=O)Cl)o1. The van der Waals surface area contributed by atoms with E-state index < -0.39 is 5.37 Å². The number of nitrogens with one attached hydrogen (secondary N) is 1. The van der Waals surface area contributed by atoms with Gasteiger partial charge in [0, 0.05) is 6.07 Å². The number of halogens is 1. The molecule has 0 saturated carbocycles. The van der Waals surface area contributed by atoms with Crippen molar-refractivity contribution in [3.63, 3.8) is 0 Å². The lowest BCUT2D eigenvalue weighted by Crippen LogP contribution is -1.98. The van der Waals surface area contributed by atoms with Gasteiger partial charge in [0.05, 0.1) is 0 Å². The molecule has 1 aromatic rings. The number of carbonyl (C=O) groups excluding carboxylic acids is 1. The number of hydrogen-bond acceptors (Lipinski definition) is 2. The van der Waals surface area contributed by atoms with E-state index in [2.05, 4.69) is 5.32 Å². The Morgan fingerprint density at radius 1 is 1.70 bits per heavy atom. The van der Waals surface area contributed by atoms with Crippen LogP contribution in [0.4, 0.5) is 10.7 Å². The van der Waals surface area contributed by atoms with Crippen LogP contribution in [-0.2, 0) is 0 Å². The molecule has 1 heterocycles. The van der Waals surface area contributed by atoms with Crippen molar-refractivity contribution in [2.24, 2.45) is 0 Å². The Labute approximate surface area is 63.0 Å². The van der Waals surface area contributed by atoms with Gasteiger partial charge < -0.3 is 4.42 Å². The van der Waals surface area contributed by atoms with E-state index in [1.54, 1.807) is 19.1 Å². The van der Waals surface area contributed by atoms with Crippen LogP contribution in [0.5, 0.6) is 0 Å². The minimum Gasteiger partial charge on any atom is -0.446 e. The fraction of sp³-hybridized carbons (Fsp3) is 0.167. The summed E-state index contributed by atoms with van der Waals surface area (Å²) < 4.78 is 4.98. The summed E-state index contributed by atoms with van der Waals surface area (Å²) in [6, 6.07) is 3.37. The van der Waals surface area contributed by atoms with Gasteiger partial charge >= 0.3 is 5.37 Å². The van der Waals surface area contributed by atoms with Crippen molar-refractivity contribution in [2.75, 3.05) is 5.32 Å². The maximum absolute atomic E-state index is 10.2. The van der Waals surface area contributed by atoms with Crippen LogP contribution < -0.4 is 5.32 Å². The van der Waals surface area contributed by atoms with Crippen LogP contribution in [0.2, 0.25) is 0 Å². The quantitative estimate of drug-likeness (QED) is 0.505. The van der Waals surface area contributed by atoms with Gasteiger partial charge in [0.15, 0.2) is 0 Å². The molecule has 10 heavy (non-hydrogen) atoms. The summed E-state index contributed by atoms with van der Waals surface area (Å²) in [5.41, 5.74) is 0. The average molecular weight is 160 g/mol. The van der Waals surface area contributed by atoms with Crippen LogP contribution in [-0.4, -0.2) is 5.37 Å². The summed E-state index contributed by atoms with van der Waals surface area (Å²) in [6.45, 7) is 1.78. The highest BCUT2D eigenvalue weighted by Gasteiger charge is 1.99. The molecule has 1 N–H and O–H groups in total. The molecule has 0 bridgehead atoms. The molecular weight excluding hydrogens is 154 g/mol. The van der Waals surface area contributed by atoms with Gasteiger partial charge in [-0.1, -0.05) is 0 Å². The largest absolute Gasteiger partial charge is 0.446 e. The number of rotatable bonds is 1. The van der Waals surface area contributed by atoms with E-state index in [1.807, 2.05) is 0 Å². The molecule has 0 spiro atoms. The number of aryl methyl sites for hydroxylation is 1. The van der Waals surface area contributed by atoms with E-state index in [9.17, 15) is 4.79 Å². The normalized spacial score (nSPS) is 9.40. The minimum absolute atomic E-state index is 0.373. The van der Waals surface area contributed by atoms with Crippen molar-refractivity contribution >= 4 is 22.9 Å². The lowest BCUT2D eigenvalue weighted by Gasteiger charge is -1.91. The molecule has 0 atom stereocenters. The smallest absolute Gasteiger partial charge is 0.320 e. The van der Waals surface area contributed by atoms with Crippen molar-refractivity contribution in [3.8, 4) is 0 Å². The number of amides is 1. The van der Waals surface area contributed by atoms with Crippen molar-refractivity contribution in [1.82, 2.24) is 0 Å². The molecule has 0 unspecified atom stereocenters. The van der Waals surface area contributed by atoms with Gasteiger partial charge in [-0.05, 0) is 24.6 Å². The van der Waals surface area contributed by atoms with E-state index in [4.69, 9.17) is 16.0 Å². The fourth-order valence-corrected chi connectivity index (χ4v) is 0.692. The number of carbonyl (C=O) groups is 1. The molecule has 3 nitrogen and oxygen atoms in total. The van der Waals surface area contributed by atoms with Gasteiger partial charge in [-0.3, -0.25) is 10.1 Å². The zero-order valence-electron chi connectivity index (χ0n) is 5.35. The molecule has 54 valence electrons. The average Bonchev–Trinajstić information content (AvgIpc) is 2.13. The van der Waals surface area contributed by atoms with Crippen LogP contribution in [0.3, 0.4) is 0 Å². The molecule has 0 fully saturated rings. The molecule has 0 aromatic carbocycles. The Morgan fingerprint density at radius 3 is 2.80 bits per heavy atom. The predicted molar refractivity (Wildman–Crippen MR) is 38.3 cm³/mol. The van der Waals surface area contributed by atoms with Crippen LogP contribution in [0.1, 0.15) is 5.76 Å². The summed E-state index contributed by atoms with van der Waals surface area (Å²) >= 11 is 5.01. The highest BCUT2D eigenvalue weighted by atomic mass is 35.5. The number of anilines is 1.